The second-order valence-corrected chi connectivity index (χ2v) is 12.5. The molecule has 0 saturated carbocycles. The van der Waals surface area contributed by atoms with Gasteiger partial charge in [-0.15, -0.1) is 0 Å². The molecule has 0 heterocycles. The summed E-state index contributed by atoms with van der Waals surface area (Å²) >= 11 is 0. The first-order chi connectivity index (χ1) is 14.6. The molecule has 0 amide bonds. The van der Waals surface area contributed by atoms with E-state index >= 15 is 0 Å². The van der Waals surface area contributed by atoms with Crippen molar-refractivity contribution in [3.63, 3.8) is 0 Å². The van der Waals surface area contributed by atoms with Crippen LogP contribution in [-0.4, -0.2) is 46.0 Å². The molecule has 0 aliphatic heterocycles. The fraction of sp³-hybridized carbons (Fsp3) is 1.00. The lowest BCUT2D eigenvalue weighted by molar-refractivity contribution is -0.966. The largest absolute Gasteiger partial charge is 0.480 e. The number of rotatable bonds is 12. The van der Waals surface area contributed by atoms with Gasteiger partial charge in [-0.2, -0.15) is 26.3 Å². The second kappa shape index (κ2) is 14.1. The molecule has 0 aromatic carbocycles. The predicted octanol–water partition coefficient (Wildman–Crippen LogP) is 5.28. The van der Waals surface area contributed by atoms with Gasteiger partial charge in [0.05, 0.1) is 18.1 Å². The third kappa shape index (κ3) is 14.4. The minimum Gasteiger partial charge on any atom is -0.421 e. The third-order valence-corrected chi connectivity index (χ3v) is 7.48. The number of sulfonamides is 2. The number of quaternary nitrogens is 1. The van der Waals surface area contributed by atoms with E-state index in [1.807, 2.05) is 0 Å². The Labute approximate surface area is 194 Å². The Kier molecular flexibility index (Phi) is 14.7. The quantitative estimate of drug-likeness (QED) is 0.272. The van der Waals surface area contributed by atoms with Gasteiger partial charge < -0.3 is 9.03 Å². The number of nitrogens with one attached hydrogen (secondary N) is 1. The zero-order valence-electron chi connectivity index (χ0n) is 20.1. The first-order valence-electron chi connectivity index (χ1n) is 10.8. The van der Waals surface area contributed by atoms with Crippen molar-refractivity contribution in [3.8, 4) is 0 Å². The van der Waals surface area contributed by atoms with Gasteiger partial charge in [-0.3, -0.25) is 0 Å². The van der Waals surface area contributed by atoms with Gasteiger partial charge in [0, 0.05) is 0 Å². The molecule has 0 rings (SSSR count). The van der Waals surface area contributed by atoms with Crippen molar-refractivity contribution in [3.05, 3.63) is 4.13 Å². The summed E-state index contributed by atoms with van der Waals surface area (Å²) < 4.78 is 109. The van der Waals surface area contributed by atoms with Gasteiger partial charge in [-0.25, -0.2) is 16.8 Å². The molecule has 0 radical (unpaired) electrons. The van der Waals surface area contributed by atoms with Crippen molar-refractivity contribution in [1.82, 2.24) is 0 Å². The molecule has 14 heteroatoms. The SMILES string of the molecule is CCCCCCCCCC[NH+](C(C)C)C(C)(C)C.O=S(=O)([N-]S(=O)(=O)C(F)(F)F)C(F)(F)F. The van der Waals surface area contributed by atoms with Crippen LogP contribution in [0.1, 0.15) is 92.9 Å². The van der Waals surface area contributed by atoms with Crippen molar-refractivity contribution in [2.45, 2.75) is 116 Å². The average Bonchev–Trinajstić information content (AvgIpc) is 2.56. The molecule has 0 aromatic heterocycles. The van der Waals surface area contributed by atoms with Crippen molar-refractivity contribution < 1.29 is 48.1 Å². The number of alkyl halides is 6. The van der Waals surface area contributed by atoms with Crippen LogP contribution in [0.15, 0.2) is 0 Å². The Morgan fingerprint density at radius 1 is 0.697 bits per heavy atom. The highest BCUT2D eigenvalue weighted by molar-refractivity contribution is 8.13. The fourth-order valence-corrected chi connectivity index (χ4v) is 4.90. The van der Waals surface area contributed by atoms with Crippen LogP contribution in [0, 0.1) is 0 Å². The molecule has 0 aromatic rings. The number of halogens is 6. The highest BCUT2D eigenvalue weighted by atomic mass is 32.3. The molecule has 6 nitrogen and oxygen atoms in total. The topological polar surface area (TPSA) is 86.8 Å². The summed E-state index contributed by atoms with van der Waals surface area (Å²) in [4.78, 5) is 1.76. The Balaban J connectivity index is 0. The van der Waals surface area contributed by atoms with Gasteiger partial charge in [0.1, 0.15) is 0 Å². The van der Waals surface area contributed by atoms with E-state index in [0.717, 1.165) is 10.2 Å². The summed E-state index contributed by atoms with van der Waals surface area (Å²) in [6.07, 6.45) is 11.4. The first-order valence-corrected chi connectivity index (χ1v) is 13.7. The van der Waals surface area contributed by atoms with E-state index in [9.17, 15) is 43.2 Å². The monoisotopic (exact) mass is 536 g/mol. The number of hydrogen-bond donors (Lipinski definition) is 1. The lowest BCUT2D eigenvalue weighted by Crippen LogP contribution is -3.21. The maximum Gasteiger partial charge on any atom is 0.480 e. The van der Waals surface area contributed by atoms with Crippen molar-refractivity contribution in [1.29, 1.82) is 0 Å². The molecule has 0 aliphatic carbocycles. The predicted molar refractivity (Wildman–Crippen MR) is 117 cm³/mol. The Morgan fingerprint density at radius 3 is 1.30 bits per heavy atom. The van der Waals surface area contributed by atoms with E-state index in [1.165, 1.54) is 57.9 Å². The number of unbranched alkanes of at least 4 members (excludes halogenated alkanes) is 7. The van der Waals surface area contributed by atoms with E-state index in [4.69, 9.17) is 0 Å². The summed E-state index contributed by atoms with van der Waals surface area (Å²) in [7, 11) is -13.4. The van der Waals surface area contributed by atoms with E-state index in [-0.39, 0.29) is 0 Å². The smallest absolute Gasteiger partial charge is 0.421 e. The molecular weight excluding hydrogens is 498 g/mol. The molecule has 0 bridgehead atoms. The standard InChI is InChI=1S/C17H37N.C2F6NO4S2/c1-7-8-9-10-11-12-13-14-15-18(16(2)3)17(4,5)6;3-1(4,5)14(10,11)9-15(12,13)2(6,7)8/h16H,7-15H2,1-6H3;/q;-1/p+1. The van der Waals surface area contributed by atoms with Crippen LogP contribution in [0.3, 0.4) is 0 Å². The molecule has 1 atom stereocenters. The zero-order valence-corrected chi connectivity index (χ0v) is 21.7. The maximum atomic E-state index is 11.4. The van der Waals surface area contributed by atoms with Gasteiger partial charge >= 0.3 is 11.0 Å². The molecule has 0 spiro atoms. The summed E-state index contributed by atoms with van der Waals surface area (Å²) in [6, 6.07) is 0.745. The number of nitrogens with zero attached hydrogens (tertiary/aromatic N) is 1. The molecule has 202 valence electrons. The van der Waals surface area contributed by atoms with Crippen molar-refractivity contribution in [2.75, 3.05) is 6.54 Å². The van der Waals surface area contributed by atoms with E-state index in [0.29, 0.717) is 5.54 Å². The van der Waals surface area contributed by atoms with E-state index in [2.05, 4.69) is 41.5 Å². The highest BCUT2D eigenvalue weighted by Crippen LogP contribution is 2.36. The molecule has 1 unspecified atom stereocenters. The average molecular weight is 537 g/mol. The Hall–Kier alpha value is -0.600. The summed E-state index contributed by atoms with van der Waals surface area (Å²) in [5, 5.41) is 0. The fourth-order valence-electron chi connectivity index (χ4n) is 3.19. The van der Waals surface area contributed by atoms with Gasteiger partial charge in [0.2, 0.25) is 0 Å². The van der Waals surface area contributed by atoms with Gasteiger partial charge in [0.25, 0.3) is 0 Å². The van der Waals surface area contributed by atoms with Gasteiger partial charge in [-0.1, -0.05) is 45.4 Å². The minimum absolute atomic E-state index is 0.398. The van der Waals surface area contributed by atoms with Crippen molar-refractivity contribution >= 4 is 20.0 Å². The van der Waals surface area contributed by atoms with Gasteiger partial charge in [-0.05, 0) is 47.5 Å². The van der Waals surface area contributed by atoms with Crippen LogP contribution in [0.4, 0.5) is 26.3 Å². The summed E-state index contributed by atoms with van der Waals surface area (Å²) in [5.74, 6) is 0. The molecule has 33 heavy (non-hydrogen) atoms. The second-order valence-electron chi connectivity index (χ2n) is 9.07. The Bertz CT molecular complexity index is 702. The molecule has 0 fully saturated rings. The first kappa shape index (κ1) is 34.6. The highest BCUT2D eigenvalue weighted by Gasteiger charge is 2.46. The molecule has 1 N–H and O–H groups in total. The van der Waals surface area contributed by atoms with Crippen LogP contribution in [-0.2, 0) is 20.0 Å². The molecule has 0 aliphatic rings. The number of hydrogen-bond acceptors (Lipinski definition) is 4. The third-order valence-electron chi connectivity index (χ3n) is 4.74. The lowest BCUT2D eigenvalue weighted by atomic mass is 10.0. The van der Waals surface area contributed by atoms with E-state index < -0.39 is 31.1 Å². The van der Waals surface area contributed by atoms with Crippen LogP contribution in [0.2, 0.25) is 0 Å². The van der Waals surface area contributed by atoms with Crippen molar-refractivity contribution in [2.24, 2.45) is 0 Å². The lowest BCUT2D eigenvalue weighted by Gasteiger charge is -2.35. The van der Waals surface area contributed by atoms with Crippen LogP contribution < -0.4 is 4.90 Å². The van der Waals surface area contributed by atoms with Crippen LogP contribution in [0.25, 0.3) is 4.13 Å². The Morgan fingerprint density at radius 2 is 1.03 bits per heavy atom. The summed E-state index contributed by atoms with van der Waals surface area (Å²) in [6.45, 7) is 15.4. The molecular formula is C19H38F6N2O4S2. The summed E-state index contributed by atoms with van der Waals surface area (Å²) in [5.41, 5.74) is -12.0. The van der Waals surface area contributed by atoms with Crippen LogP contribution in [0.5, 0.6) is 0 Å². The molecule has 0 saturated heterocycles. The zero-order chi connectivity index (χ0) is 26.7. The minimum atomic E-state index is -6.72. The van der Waals surface area contributed by atoms with E-state index in [1.54, 1.807) is 4.90 Å². The van der Waals surface area contributed by atoms with Gasteiger partial charge in [0.15, 0.2) is 20.0 Å². The normalized spacial score (nSPS) is 14.7. The maximum absolute atomic E-state index is 11.4. The van der Waals surface area contributed by atoms with Crippen LogP contribution >= 0.6 is 0 Å².